The van der Waals surface area contributed by atoms with Gasteiger partial charge in [0.2, 0.25) is 5.71 Å². The molecule has 1 atom stereocenters. The molecule has 67 heavy (non-hydrogen) atoms. The normalized spacial score (nSPS) is 12.5. The zero-order chi connectivity index (χ0) is 47.0. The average Bonchev–Trinajstić information content (AvgIpc) is 3.95. The standard InChI is InChI=1S/C37H24N3O.C23H26GeN.Ir/c1-24-19-21-30-29-15-10-16-31(35(29)41-37(30)38-24)36-39-32-17-8-9-18-33(32)40(36)34-23-27(25-11-4-2-5-12-25)20-22-28(34)26-13-6-3-7-14-26;1-18(19-11-7-5-8-12-19)15-21-16-23(20-13-9-6-10-14-20)25-17-22(21)24(2,3)4;/h2-15,17-23H,1H3;5-13,16-18H,15H2,1-4H3;/q2*-1;/i;15D2;. The Morgan fingerprint density at radius 3 is 2.10 bits per heavy atom. The number of fused-ring (bicyclic) bond motifs is 4. The maximum Gasteiger partial charge on any atom is 0 e. The molecule has 0 bridgehead atoms. The first-order valence-electron chi connectivity index (χ1n) is 23.4. The molecule has 0 spiro atoms. The van der Waals surface area contributed by atoms with Crippen LogP contribution in [0.4, 0.5) is 0 Å². The van der Waals surface area contributed by atoms with E-state index in [-0.39, 0.29) is 26.0 Å². The van der Waals surface area contributed by atoms with Crippen LogP contribution in [-0.4, -0.2) is 32.8 Å². The molecule has 7 heteroatoms. The van der Waals surface area contributed by atoms with Gasteiger partial charge in [0, 0.05) is 42.4 Å². The van der Waals surface area contributed by atoms with Crippen molar-refractivity contribution in [1.82, 2.24) is 19.5 Å². The number of aromatic nitrogens is 4. The molecular weight excluding hydrogens is 1060 g/mol. The van der Waals surface area contributed by atoms with Crippen molar-refractivity contribution >= 4 is 50.8 Å². The first-order chi connectivity index (χ1) is 33.0. The summed E-state index contributed by atoms with van der Waals surface area (Å²) >= 11 is -2.32. The van der Waals surface area contributed by atoms with E-state index in [1.807, 2.05) is 117 Å². The van der Waals surface area contributed by atoms with Crippen LogP contribution in [-0.2, 0) is 26.5 Å². The van der Waals surface area contributed by atoms with Crippen LogP contribution in [0.2, 0.25) is 17.3 Å². The summed E-state index contributed by atoms with van der Waals surface area (Å²) in [5.41, 5.74) is 14.1. The van der Waals surface area contributed by atoms with Crippen LogP contribution >= 0.6 is 0 Å². The molecule has 7 aromatic carbocycles. The molecule has 0 saturated carbocycles. The number of furan rings is 1. The molecule has 0 N–H and O–H groups in total. The molecule has 331 valence electrons. The molecule has 11 rings (SSSR count). The second kappa shape index (κ2) is 19.6. The maximum atomic E-state index is 9.05. The molecule has 11 aromatic rings. The number of benzene rings is 7. The Morgan fingerprint density at radius 2 is 1.37 bits per heavy atom. The topological polar surface area (TPSA) is 56.7 Å². The minimum absolute atomic E-state index is 0. The van der Waals surface area contributed by atoms with Crippen molar-refractivity contribution in [2.45, 2.75) is 43.4 Å². The summed E-state index contributed by atoms with van der Waals surface area (Å²) in [6.45, 7) is 3.95. The van der Waals surface area contributed by atoms with Gasteiger partial charge in [0.05, 0.1) is 22.4 Å². The largest absolute Gasteiger partial charge is 0 e. The summed E-state index contributed by atoms with van der Waals surface area (Å²) in [5, 5.41) is 1.99. The molecule has 4 heterocycles. The van der Waals surface area contributed by atoms with Crippen LogP contribution in [0.15, 0.2) is 199 Å². The Labute approximate surface area is 412 Å². The van der Waals surface area contributed by atoms with E-state index in [1.54, 1.807) is 0 Å². The fourth-order valence-electron chi connectivity index (χ4n) is 8.64. The van der Waals surface area contributed by atoms with Gasteiger partial charge < -0.3 is 8.98 Å². The third kappa shape index (κ3) is 9.48. The van der Waals surface area contributed by atoms with Gasteiger partial charge in [-0.05, 0) is 53.9 Å². The number of hydrogen-bond acceptors (Lipinski definition) is 4. The van der Waals surface area contributed by atoms with E-state index in [9.17, 15) is 0 Å². The van der Waals surface area contributed by atoms with Crippen LogP contribution < -0.4 is 4.40 Å². The number of rotatable bonds is 9. The van der Waals surface area contributed by atoms with E-state index in [2.05, 4.69) is 135 Å². The first kappa shape index (κ1) is 42.9. The molecule has 0 amide bonds. The van der Waals surface area contributed by atoms with E-state index in [0.717, 1.165) is 99.2 Å². The molecular formula is C60H50GeIrN4O-2. The van der Waals surface area contributed by atoms with Crippen molar-refractivity contribution in [1.29, 1.82) is 0 Å². The first-order valence-corrected chi connectivity index (χ1v) is 29.8. The maximum absolute atomic E-state index is 9.05. The molecule has 0 fully saturated rings. The Balaban J connectivity index is 0.000000185. The van der Waals surface area contributed by atoms with Gasteiger partial charge in [0.15, 0.2) is 0 Å². The van der Waals surface area contributed by atoms with E-state index in [4.69, 9.17) is 12.1 Å². The third-order valence-electron chi connectivity index (χ3n) is 12.0. The Kier molecular flexibility index (Phi) is 12.6. The Hall–Kier alpha value is -6.70. The van der Waals surface area contributed by atoms with Crippen LogP contribution in [0, 0.1) is 19.1 Å². The summed E-state index contributed by atoms with van der Waals surface area (Å²) in [6, 6.07) is 70.3. The minimum atomic E-state index is -2.32. The van der Waals surface area contributed by atoms with E-state index >= 15 is 0 Å². The van der Waals surface area contributed by atoms with Crippen LogP contribution in [0.25, 0.3) is 83.7 Å². The van der Waals surface area contributed by atoms with E-state index in [1.165, 1.54) is 0 Å². The quantitative estimate of drug-likeness (QED) is 0.107. The number of hydrogen-bond donors (Lipinski definition) is 0. The summed E-state index contributed by atoms with van der Waals surface area (Å²) in [7, 11) is 0. The average molecular weight is 1110 g/mol. The fourth-order valence-corrected chi connectivity index (χ4v) is 11.6. The van der Waals surface area contributed by atoms with Crippen molar-refractivity contribution in [3.8, 4) is 50.6 Å². The Morgan fingerprint density at radius 1 is 0.672 bits per heavy atom. The van der Waals surface area contributed by atoms with Crippen molar-refractivity contribution in [2.24, 2.45) is 0 Å². The van der Waals surface area contributed by atoms with Crippen molar-refractivity contribution in [3.63, 3.8) is 0 Å². The number of pyridine rings is 2. The molecule has 0 saturated heterocycles. The number of aryl methyl sites for hydroxylation is 1. The van der Waals surface area contributed by atoms with Gasteiger partial charge >= 0.3 is 157 Å². The van der Waals surface area contributed by atoms with Crippen molar-refractivity contribution < 1.29 is 27.3 Å². The van der Waals surface area contributed by atoms with Crippen molar-refractivity contribution in [2.75, 3.05) is 0 Å². The molecule has 5 nitrogen and oxygen atoms in total. The molecule has 0 aliphatic rings. The van der Waals surface area contributed by atoms with Crippen LogP contribution in [0.3, 0.4) is 0 Å². The smallest absolute Gasteiger partial charge is 0 e. The monoisotopic (exact) mass is 1110 g/mol. The van der Waals surface area contributed by atoms with Gasteiger partial charge in [-0.15, -0.1) is 18.2 Å². The molecule has 0 aliphatic heterocycles. The SMILES string of the molecule is Cc1ccc2c(n1)oc1c(-c3nc4ccccc4n3-c3cc(-c4ccccc4)ccc3-c3ccccc3)[c-]ccc12.[2H]C([2H])(c1cc(-c2[c-]cccc2)nc[c]1[Ge]([CH3])([CH3])[CH3])C(C)c1ccccc1.[Ir]. The van der Waals surface area contributed by atoms with Crippen LogP contribution in [0.5, 0.6) is 0 Å². The van der Waals surface area contributed by atoms with E-state index < -0.39 is 19.6 Å². The number of nitrogens with zero attached hydrogens (tertiary/aromatic N) is 4. The van der Waals surface area contributed by atoms with Gasteiger partial charge in [-0.25, -0.2) is 4.98 Å². The zero-order valence-electron chi connectivity index (χ0n) is 40.1. The van der Waals surface area contributed by atoms with Crippen molar-refractivity contribution in [3.05, 3.63) is 223 Å². The number of imidazole rings is 1. The fraction of sp³-hybridized carbons (Fsp3) is 0.117. The molecule has 1 radical (unpaired) electrons. The van der Waals surface area contributed by atoms with Crippen LogP contribution in [0.1, 0.15) is 32.4 Å². The van der Waals surface area contributed by atoms with Gasteiger partial charge in [-0.2, -0.15) is 0 Å². The van der Waals surface area contributed by atoms with Gasteiger partial charge in [0.1, 0.15) is 0 Å². The molecule has 0 aliphatic carbocycles. The van der Waals surface area contributed by atoms with Gasteiger partial charge in [-0.1, -0.05) is 95.9 Å². The van der Waals surface area contributed by atoms with E-state index in [0.29, 0.717) is 5.71 Å². The summed E-state index contributed by atoms with van der Waals surface area (Å²) in [5.74, 6) is 7.39. The summed E-state index contributed by atoms with van der Waals surface area (Å²) < 4.78 is 27.9. The summed E-state index contributed by atoms with van der Waals surface area (Å²) in [4.78, 5) is 14.5. The minimum Gasteiger partial charge on any atom is 0 e. The molecule has 4 aromatic heterocycles. The Bertz CT molecular complexity index is 3560. The van der Waals surface area contributed by atoms with Gasteiger partial charge in [0.25, 0.3) is 0 Å². The second-order valence-electron chi connectivity index (χ2n) is 17.6. The van der Waals surface area contributed by atoms with Gasteiger partial charge in [-0.3, -0.25) is 4.98 Å². The second-order valence-corrected chi connectivity index (χ2v) is 28.2. The zero-order valence-corrected chi connectivity index (χ0v) is 42.6. The third-order valence-corrected chi connectivity index (χ3v) is 16.2. The predicted octanol–water partition coefficient (Wildman–Crippen LogP) is 14.9. The summed E-state index contributed by atoms with van der Waals surface area (Å²) in [6.07, 6.45) is 0.433. The predicted molar refractivity (Wildman–Crippen MR) is 276 cm³/mol. The number of para-hydroxylation sites is 2. The molecule has 1 unspecified atom stereocenters.